The molecule has 0 aliphatic carbocycles. The smallest absolute Gasteiger partial charge is 0.243 e. The molecule has 0 saturated carbocycles. The number of carbonyl (C=O) groups excluding carboxylic acids is 1. The summed E-state index contributed by atoms with van der Waals surface area (Å²) in [5.41, 5.74) is 1.80. The molecule has 1 heterocycles. The predicted molar refractivity (Wildman–Crippen MR) is 102 cm³/mol. The molecular weight excluding hydrogens is 372 g/mol. The van der Waals surface area contributed by atoms with Gasteiger partial charge in [-0.3, -0.25) is 9.69 Å². The van der Waals surface area contributed by atoms with E-state index in [1.807, 2.05) is 36.1 Å². The number of piperazine rings is 1. The number of ketones is 1. The van der Waals surface area contributed by atoms with Crippen molar-refractivity contribution in [2.75, 3.05) is 32.7 Å². The van der Waals surface area contributed by atoms with Crippen LogP contribution in [0.1, 0.15) is 15.9 Å². The van der Waals surface area contributed by atoms with Crippen molar-refractivity contribution in [3.63, 3.8) is 0 Å². The highest BCUT2D eigenvalue weighted by Crippen LogP contribution is 2.20. The van der Waals surface area contributed by atoms with Crippen LogP contribution in [-0.2, 0) is 10.0 Å². The molecule has 5 nitrogen and oxygen atoms in total. The summed E-state index contributed by atoms with van der Waals surface area (Å²) in [4.78, 5) is 14.6. The second-order valence-electron chi connectivity index (χ2n) is 6.42. The number of carbonyl (C=O) groups is 1. The number of rotatable bonds is 5. The maximum absolute atomic E-state index is 12.7. The zero-order valence-corrected chi connectivity index (χ0v) is 16.1. The predicted octanol–water partition coefficient (Wildman–Crippen LogP) is 2.84. The minimum atomic E-state index is -3.52. The van der Waals surface area contributed by atoms with Gasteiger partial charge in [0, 0.05) is 36.8 Å². The first-order valence-corrected chi connectivity index (χ1v) is 10.3. The summed E-state index contributed by atoms with van der Waals surface area (Å²) in [6.07, 6.45) is 0. The van der Waals surface area contributed by atoms with E-state index in [0.717, 1.165) is 5.56 Å². The lowest BCUT2D eigenvalue weighted by atomic mass is 10.1. The molecule has 1 aliphatic heterocycles. The Bertz CT molecular complexity index is 872. The second kappa shape index (κ2) is 7.88. The van der Waals surface area contributed by atoms with Crippen LogP contribution in [0.5, 0.6) is 0 Å². The van der Waals surface area contributed by atoms with E-state index >= 15 is 0 Å². The molecule has 0 bridgehead atoms. The van der Waals surface area contributed by atoms with Crippen molar-refractivity contribution in [3.05, 3.63) is 64.7 Å². The van der Waals surface area contributed by atoms with E-state index in [9.17, 15) is 13.2 Å². The normalized spacial score (nSPS) is 16.5. The van der Waals surface area contributed by atoms with Crippen LogP contribution in [-0.4, -0.2) is 56.1 Å². The Balaban J connectivity index is 1.59. The van der Waals surface area contributed by atoms with E-state index in [2.05, 4.69) is 0 Å². The second-order valence-corrected chi connectivity index (χ2v) is 8.80. The van der Waals surface area contributed by atoms with Gasteiger partial charge in [0.2, 0.25) is 10.0 Å². The summed E-state index contributed by atoms with van der Waals surface area (Å²) in [5, 5.41) is 0.503. The van der Waals surface area contributed by atoms with Gasteiger partial charge >= 0.3 is 0 Å². The zero-order valence-electron chi connectivity index (χ0n) is 14.6. The van der Waals surface area contributed by atoms with Gasteiger partial charge in [-0.05, 0) is 31.2 Å². The molecular formula is C19H21ClN2O3S. The average molecular weight is 393 g/mol. The van der Waals surface area contributed by atoms with Crippen molar-refractivity contribution in [1.29, 1.82) is 0 Å². The van der Waals surface area contributed by atoms with Crippen molar-refractivity contribution < 1.29 is 13.2 Å². The summed E-state index contributed by atoms with van der Waals surface area (Å²) >= 11 is 5.83. The first-order chi connectivity index (χ1) is 12.4. The van der Waals surface area contributed by atoms with Crippen molar-refractivity contribution >= 4 is 27.4 Å². The minimum absolute atomic E-state index is 0.0546. The van der Waals surface area contributed by atoms with Gasteiger partial charge in [-0.2, -0.15) is 4.31 Å². The van der Waals surface area contributed by atoms with Crippen molar-refractivity contribution in [2.24, 2.45) is 0 Å². The Morgan fingerprint density at radius 3 is 2.12 bits per heavy atom. The van der Waals surface area contributed by atoms with Crippen LogP contribution in [0.15, 0.2) is 53.4 Å². The van der Waals surface area contributed by atoms with Gasteiger partial charge in [-0.25, -0.2) is 8.42 Å². The van der Waals surface area contributed by atoms with Gasteiger partial charge in [0.25, 0.3) is 0 Å². The van der Waals surface area contributed by atoms with Crippen molar-refractivity contribution in [1.82, 2.24) is 9.21 Å². The highest BCUT2D eigenvalue weighted by atomic mass is 35.5. The Labute approximate surface area is 159 Å². The lowest BCUT2D eigenvalue weighted by Crippen LogP contribution is -2.49. The van der Waals surface area contributed by atoms with Crippen molar-refractivity contribution in [3.8, 4) is 0 Å². The van der Waals surface area contributed by atoms with Crippen LogP contribution >= 0.6 is 11.6 Å². The number of hydrogen-bond acceptors (Lipinski definition) is 4. The first kappa shape index (κ1) is 19.0. The summed E-state index contributed by atoms with van der Waals surface area (Å²) in [6, 6.07) is 13.7. The molecule has 0 aromatic heterocycles. The fourth-order valence-electron chi connectivity index (χ4n) is 2.92. The molecule has 2 aromatic rings. The van der Waals surface area contributed by atoms with Gasteiger partial charge in [-0.15, -0.1) is 0 Å². The van der Waals surface area contributed by atoms with Crippen LogP contribution in [0.2, 0.25) is 5.02 Å². The minimum Gasteiger partial charge on any atom is -0.293 e. The molecule has 3 rings (SSSR count). The molecule has 26 heavy (non-hydrogen) atoms. The van der Waals surface area contributed by atoms with E-state index in [1.165, 1.54) is 16.4 Å². The fraction of sp³-hybridized carbons (Fsp3) is 0.316. The highest BCUT2D eigenvalue weighted by molar-refractivity contribution is 7.89. The molecule has 0 unspecified atom stereocenters. The molecule has 0 spiro atoms. The van der Waals surface area contributed by atoms with Crippen LogP contribution < -0.4 is 0 Å². The molecule has 0 amide bonds. The van der Waals surface area contributed by atoms with E-state index in [0.29, 0.717) is 43.3 Å². The third-order valence-electron chi connectivity index (χ3n) is 4.52. The number of Topliss-reactive ketones (excluding diaryl/α,β-unsaturated/α-hetero) is 1. The largest absolute Gasteiger partial charge is 0.293 e. The zero-order chi connectivity index (χ0) is 18.7. The number of benzene rings is 2. The van der Waals surface area contributed by atoms with E-state index in [-0.39, 0.29) is 10.7 Å². The topological polar surface area (TPSA) is 57.7 Å². The monoisotopic (exact) mass is 392 g/mol. The van der Waals surface area contributed by atoms with E-state index < -0.39 is 10.0 Å². The SMILES string of the molecule is Cc1ccc(C(=O)CN2CCN(S(=O)(=O)c3ccc(Cl)cc3)CC2)cc1. The standard InChI is InChI=1S/C19H21ClN2O3S/c1-15-2-4-16(5-3-15)19(23)14-21-10-12-22(13-11-21)26(24,25)18-8-6-17(20)7-9-18/h2-9H,10-14H2,1H3. The summed E-state index contributed by atoms with van der Waals surface area (Å²) in [5.74, 6) is 0.0546. The molecule has 1 fully saturated rings. The maximum atomic E-state index is 12.7. The third kappa shape index (κ3) is 4.32. The number of halogens is 1. The van der Waals surface area contributed by atoms with E-state index in [4.69, 9.17) is 11.6 Å². The first-order valence-electron chi connectivity index (χ1n) is 8.44. The van der Waals surface area contributed by atoms with Crippen molar-refractivity contribution in [2.45, 2.75) is 11.8 Å². The van der Waals surface area contributed by atoms with Crippen LogP contribution in [0.25, 0.3) is 0 Å². The lowest BCUT2D eigenvalue weighted by Gasteiger charge is -2.33. The number of sulfonamides is 1. The van der Waals surface area contributed by atoms with Crippen LogP contribution in [0.4, 0.5) is 0 Å². The maximum Gasteiger partial charge on any atom is 0.243 e. The Kier molecular flexibility index (Phi) is 5.77. The molecule has 1 aliphatic rings. The highest BCUT2D eigenvalue weighted by Gasteiger charge is 2.29. The quantitative estimate of drug-likeness (QED) is 0.734. The van der Waals surface area contributed by atoms with E-state index in [1.54, 1.807) is 12.1 Å². The molecule has 2 aromatic carbocycles. The van der Waals surface area contributed by atoms with Gasteiger partial charge < -0.3 is 0 Å². The molecule has 0 N–H and O–H groups in total. The van der Waals surface area contributed by atoms with Gasteiger partial charge in [-0.1, -0.05) is 41.4 Å². The molecule has 1 saturated heterocycles. The number of hydrogen-bond donors (Lipinski definition) is 0. The summed E-state index contributed by atoms with van der Waals surface area (Å²) in [6.45, 7) is 4.08. The summed E-state index contributed by atoms with van der Waals surface area (Å²) in [7, 11) is -3.52. The lowest BCUT2D eigenvalue weighted by molar-refractivity contribution is 0.0901. The summed E-state index contributed by atoms with van der Waals surface area (Å²) < 4.78 is 26.8. The molecule has 0 radical (unpaired) electrons. The molecule has 7 heteroatoms. The fourth-order valence-corrected chi connectivity index (χ4v) is 4.47. The molecule has 0 atom stereocenters. The van der Waals surface area contributed by atoms with Gasteiger partial charge in [0.05, 0.1) is 11.4 Å². The third-order valence-corrected chi connectivity index (χ3v) is 6.69. The number of aryl methyl sites for hydroxylation is 1. The van der Waals surface area contributed by atoms with Crippen LogP contribution in [0.3, 0.4) is 0 Å². The Morgan fingerprint density at radius 2 is 1.54 bits per heavy atom. The van der Waals surface area contributed by atoms with Crippen LogP contribution in [0, 0.1) is 6.92 Å². The Hall–Kier alpha value is -1.73. The van der Waals surface area contributed by atoms with Gasteiger partial charge in [0.1, 0.15) is 0 Å². The molecule has 138 valence electrons. The number of nitrogens with zero attached hydrogens (tertiary/aromatic N) is 2. The van der Waals surface area contributed by atoms with Gasteiger partial charge in [0.15, 0.2) is 5.78 Å². The average Bonchev–Trinajstić information content (AvgIpc) is 2.63. The Morgan fingerprint density at radius 1 is 0.962 bits per heavy atom.